The number of carboxylic acid groups (broad SMARTS) is 1. The maximum atomic E-state index is 12.2. The number of aliphatic carboxylic acids is 1. The van der Waals surface area contributed by atoms with Gasteiger partial charge in [-0.2, -0.15) is 0 Å². The van der Waals surface area contributed by atoms with Crippen molar-refractivity contribution in [1.29, 1.82) is 0 Å². The molecule has 22 heavy (non-hydrogen) atoms. The molecule has 1 unspecified atom stereocenters. The van der Waals surface area contributed by atoms with E-state index in [1.165, 1.54) is 12.3 Å². The first-order chi connectivity index (χ1) is 10.6. The van der Waals surface area contributed by atoms with Crippen LogP contribution in [-0.2, 0) is 11.2 Å². The maximum absolute atomic E-state index is 12.2. The van der Waals surface area contributed by atoms with Crippen LogP contribution in [0.15, 0.2) is 34.9 Å². The number of nitrogens with one attached hydrogen (secondary N) is 1. The molecular formula is C16H15NO5. The summed E-state index contributed by atoms with van der Waals surface area (Å²) in [5.74, 6) is -0.377. The summed E-state index contributed by atoms with van der Waals surface area (Å²) in [6.45, 7) is 2.24. The first-order valence-electron chi connectivity index (χ1n) is 6.89. The highest BCUT2D eigenvalue weighted by molar-refractivity contribution is 5.97. The van der Waals surface area contributed by atoms with Gasteiger partial charge in [0.15, 0.2) is 6.04 Å². The van der Waals surface area contributed by atoms with E-state index in [1.54, 1.807) is 25.1 Å². The molecule has 6 nitrogen and oxygen atoms in total. The van der Waals surface area contributed by atoms with Crippen molar-refractivity contribution >= 4 is 11.9 Å². The molecule has 1 aliphatic heterocycles. The third-order valence-corrected chi connectivity index (χ3v) is 3.67. The zero-order valence-electron chi connectivity index (χ0n) is 12.0. The number of carbonyl (C=O) groups excluding carboxylic acids is 1. The average molecular weight is 301 g/mol. The topological polar surface area (TPSA) is 88.8 Å². The van der Waals surface area contributed by atoms with Gasteiger partial charge >= 0.3 is 5.97 Å². The molecule has 2 heterocycles. The van der Waals surface area contributed by atoms with E-state index in [0.717, 1.165) is 17.7 Å². The van der Waals surface area contributed by atoms with Gasteiger partial charge in [-0.25, -0.2) is 4.79 Å². The molecule has 2 N–H and O–H groups in total. The summed E-state index contributed by atoms with van der Waals surface area (Å²) in [6, 6.07) is 5.56. The number of carbonyl (C=O) groups is 2. The van der Waals surface area contributed by atoms with Crippen LogP contribution in [0.4, 0.5) is 0 Å². The summed E-state index contributed by atoms with van der Waals surface area (Å²) < 4.78 is 10.5. The first kappa shape index (κ1) is 14.2. The van der Waals surface area contributed by atoms with Crippen molar-refractivity contribution in [3.63, 3.8) is 0 Å². The predicted molar refractivity (Wildman–Crippen MR) is 76.9 cm³/mol. The SMILES string of the molecule is Cc1occc1C(=O)NC(C(=O)O)c1ccc2c(c1)CCO2. The van der Waals surface area contributed by atoms with Gasteiger partial charge in [-0.05, 0) is 36.2 Å². The van der Waals surface area contributed by atoms with Gasteiger partial charge in [-0.1, -0.05) is 6.07 Å². The lowest BCUT2D eigenvalue weighted by Crippen LogP contribution is -2.33. The van der Waals surface area contributed by atoms with E-state index in [1.807, 2.05) is 0 Å². The smallest absolute Gasteiger partial charge is 0.330 e. The first-order valence-corrected chi connectivity index (χ1v) is 6.89. The van der Waals surface area contributed by atoms with Crippen LogP contribution in [0.25, 0.3) is 0 Å². The minimum atomic E-state index is -1.12. The van der Waals surface area contributed by atoms with Crippen molar-refractivity contribution in [3.8, 4) is 5.75 Å². The predicted octanol–water partition coefficient (Wildman–Crippen LogP) is 2.08. The number of aryl methyl sites for hydroxylation is 1. The van der Waals surface area contributed by atoms with Gasteiger partial charge in [0.1, 0.15) is 11.5 Å². The van der Waals surface area contributed by atoms with Crippen LogP contribution >= 0.6 is 0 Å². The van der Waals surface area contributed by atoms with Crippen LogP contribution in [-0.4, -0.2) is 23.6 Å². The molecule has 2 aromatic rings. The lowest BCUT2D eigenvalue weighted by atomic mass is 10.0. The molecule has 0 aliphatic carbocycles. The number of hydrogen-bond donors (Lipinski definition) is 2. The molecule has 1 aromatic carbocycles. The Hall–Kier alpha value is -2.76. The molecular weight excluding hydrogens is 286 g/mol. The highest BCUT2D eigenvalue weighted by Crippen LogP contribution is 2.28. The van der Waals surface area contributed by atoms with Crippen molar-refractivity contribution in [1.82, 2.24) is 5.32 Å². The molecule has 1 atom stereocenters. The normalized spacial score (nSPS) is 14.0. The second kappa shape index (κ2) is 5.55. The number of amides is 1. The Morgan fingerprint density at radius 1 is 1.32 bits per heavy atom. The Morgan fingerprint density at radius 2 is 2.14 bits per heavy atom. The van der Waals surface area contributed by atoms with Gasteiger partial charge in [-0.3, -0.25) is 4.79 Å². The molecule has 0 saturated heterocycles. The van der Waals surface area contributed by atoms with Gasteiger partial charge < -0.3 is 19.6 Å². The zero-order valence-corrected chi connectivity index (χ0v) is 12.0. The Bertz CT molecular complexity index is 734. The monoisotopic (exact) mass is 301 g/mol. The van der Waals surface area contributed by atoms with E-state index in [-0.39, 0.29) is 0 Å². The Kier molecular flexibility index (Phi) is 3.58. The maximum Gasteiger partial charge on any atom is 0.330 e. The minimum absolute atomic E-state index is 0.329. The zero-order chi connectivity index (χ0) is 15.7. The summed E-state index contributed by atoms with van der Waals surface area (Å²) in [5.41, 5.74) is 1.81. The average Bonchev–Trinajstić information content (AvgIpc) is 3.11. The van der Waals surface area contributed by atoms with Gasteiger partial charge in [0.25, 0.3) is 5.91 Å². The molecule has 1 aromatic heterocycles. The van der Waals surface area contributed by atoms with E-state index in [0.29, 0.717) is 23.5 Å². The lowest BCUT2D eigenvalue weighted by molar-refractivity contribution is -0.139. The number of hydrogen-bond acceptors (Lipinski definition) is 4. The van der Waals surface area contributed by atoms with Gasteiger partial charge in [0.05, 0.1) is 18.4 Å². The van der Waals surface area contributed by atoms with E-state index in [4.69, 9.17) is 9.15 Å². The van der Waals surface area contributed by atoms with Crippen LogP contribution in [0, 0.1) is 6.92 Å². The molecule has 0 radical (unpaired) electrons. The number of furan rings is 1. The molecule has 114 valence electrons. The Labute approximate surface area is 126 Å². The molecule has 0 fully saturated rings. The lowest BCUT2D eigenvalue weighted by Gasteiger charge is -2.15. The summed E-state index contributed by atoms with van der Waals surface area (Å²) in [5, 5.41) is 11.9. The van der Waals surface area contributed by atoms with Crippen molar-refractivity contribution < 1.29 is 23.8 Å². The van der Waals surface area contributed by atoms with Gasteiger partial charge in [0.2, 0.25) is 0 Å². The molecule has 3 rings (SSSR count). The van der Waals surface area contributed by atoms with Crippen LogP contribution in [0.2, 0.25) is 0 Å². The fourth-order valence-corrected chi connectivity index (χ4v) is 2.50. The highest BCUT2D eigenvalue weighted by Gasteiger charge is 2.25. The van der Waals surface area contributed by atoms with Crippen molar-refractivity contribution in [2.45, 2.75) is 19.4 Å². The molecule has 1 amide bonds. The Balaban J connectivity index is 1.86. The molecule has 0 spiro atoms. The summed E-state index contributed by atoms with van der Waals surface area (Å²) >= 11 is 0. The number of carboxylic acids is 1. The highest BCUT2D eigenvalue weighted by atomic mass is 16.5. The van der Waals surface area contributed by atoms with Gasteiger partial charge in [0, 0.05) is 6.42 Å². The number of benzene rings is 1. The largest absolute Gasteiger partial charge is 0.493 e. The second-order valence-electron chi connectivity index (χ2n) is 5.10. The summed E-state index contributed by atoms with van der Waals surface area (Å²) in [4.78, 5) is 23.7. The number of ether oxygens (including phenoxy) is 1. The standard InChI is InChI=1S/C16H15NO5/c1-9-12(5-7-21-9)15(18)17-14(16(19)20)11-2-3-13-10(8-11)4-6-22-13/h2-3,5,7-8,14H,4,6H2,1H3,(H,17,18)(H,19,20). The van der Waals surface area contributed by atoms with Crippen molar-refractivity contribution in [3.05, 3.63) is 53.0 Å². The van der Waals surface area contributed by atoms with Crippen LogP contribution in [0.5, 0.6) is 5.75 Å². The minimum Gasteiger partial charge on any atom is -0.493 e. The Morgan fingerprint density at radius 3 is 2.82 bits per heavy atom. The van der Waals surface area contributed by atoms with E-state index < -0.39 is 17.9 Å². The molecule has 0 bridgehead atoms. The fourth-order valence-electron chi connectivity index (χ4n) is 2.50. The molecule has 1 aliphatic rings. The van der Waals surface area contributed by atoms with Crippen LogP contribution in [0.3, 0.4) is 0 Å². The summed E-state index contributed by atoms with van der Waals surface area (Å²) in [7, 11) is 0. The van der Waals surface area contributed by atoms with E-state index in [2.05, 4.69) is 5.32 Å². The second-order valence-corrected chi connectivity index (χ2v) is 5.10. The molecule has 6 heteroatoms. The molecule has 0 saturated carbocycles. The van der Waals surface area contributed by atoms with Crippen molar-refractivity contribution in [2.75, 3.05) is 6.61 Å². The van der Waals surface area contributed by atoms with E-state index in [9.17, 15) is 14.7 Å². The van der Waals surface area contributed by atoms with E-state index >= 15 is 0 Å². The summed E-state index contributed by atoms with van der Waals surface area (Å²) in [6.07, 6.45) is 2.14. The fraction of sp³-hybridized carbons (Fsp3) is 0.250. The third kappa shape index (κ3) is 2.55. The number of rotatable bonds is 4. The number of fused-ring (bicyclic) bond motifs is 1. The van der Waals surface area contributed by atoms with Crippen LogP contribution in [0.1, 0.15) is 33.3 Å². The van der Waals surface area contributed by atoms with Crippen molar-refractivity contribution in [2.24, 2.45) is 0 Å². The third-order valence-electron chi connectivity index (χ3n) is 3.67. The van der Waals surface area contributed by atoms with Gasteiger partial charge in [-0.15, -0.1) is 0 Å². The quantitative estimate of drug-likeness (QED) is 0.902. The van der Waals surface area contributed by atoms with Crippen LogP contribution < -0.4 is 10.1 Å².